The molecule has 0 radical (unpaired) electrons. The first kappa shape index (κ1) is 23.3. The van der Waals surface area contributed by atoms with E-state index in [0.717, 1.165) is 44.3 Å². The van der Waals surface area contributed by atoms with Gasteiger partial charge in [0.2, 0.25) is 5.91 Å². The fraction of sp³-hybridized carbons (Fsp3) is 0.654. The lowest BCUT2D eigenvalue weighted by Crippen LogP contribution is -2.54. The van der Waals surface area contributed by atoms with Crippen molar-refractivity contribution in [3.8, 4) is 0 Å². The number of hydrogen-bond acceptors (Lipinski definition) is 6. The van der Waals surface area contributed by atoms with Gasteiger partial charge in [-0.2, -0.15) is 0 Å². The van der Waals surface area contributed by atoms with Crippen LogP contribution in [-0.4, -0.2) is 91.0 Å². The number of piperazine rings is 1. The summed E-state index contributed by atoms with van der Waals surface area (Å²) in [6.07, 6.45) is 3.89. The van der Waals surface area contributed by atoms with Crippen molar-refractivity contribution in [2.24, 2.45) is 5.92 Å². The molecule has 0 bridgehead atoms. The molecule has 1 N–H and O–H groups in total. The lowest BCUT2D eigenvalue weighted by molar-refractivity contribution is -0.139. The van der Waals surface area contributed by atoms with Crippen LogP contribution in [0.15, 0.2) is 24.3 Å². The van der Waals surface area contributed by atoms with Gasteiger partial charge in [0.1, 0.15) is 18.7 Å². The van der Waals surface area contributed by atoms with Gasteiger partial charge in [-0.25, -0.2) is 0 Å². The van der Waals surface area contributed by atoms with Crippen LogP contribution < -0.4 is 10.2 Å². The third-order valence-electron chi connectivity index (χ3n) is 8.03. The van der Waals surface area contributed by atoms with Gasteiger partial charge in [-0.1, -0.05) is 20.3 Å². The predicted molar refractivity (Wildman–Crippen MR) is 129 cm³/mol. The molecule has 3 heterocycles. The lowest BCUT2D eigenvalue weighted by atomic mass is 9.96. The Morgan fingerprint density at radius 2 is 1.76 bits per heavy atom. The second kappa shape index (κ2) is 9.66. The minimum absolute atomic E-state index is 0.0429. The summed E-state index contributed by atoms with van der Waals surface area (Å²) < 4.78 is 5.53. The molecule has 3 saturated heterocycles. The Labute approximate surface area is 201 Å². The van der Waals surface area contributed by atoms with Crippen molar-refractivity contribution in [1.29, 1.82) is 0 Å². The predicted octanol–water partition coefficient (Wildman–Crippen LogP) is 1.68. The van der Waals surface area contributed by atoms with E-state index in [1.165, 1.54) is 12.8 Å². The number of rotatable bonds is 7. The summed E-state index contributed by atoms with van der Waals surface area (Å²) in [5.41, 5.74) is 1.67. The number of carbonyl (C=O) groups excluding carboxylic acids is 3. The molecule has 4 aliphatic rings. The van der Waals surface area contributed by atoms with Gasteiger partial charge in [0, 0.05) is 50.0 Å². The van der Waals surface area contributed by atoms with E-state index in [4.69, 9.17) is 4.74 Å². The van der Waals surface area contributed by atoms with Crippen LogP contribution in [0.1, 0.15) is 49.9 Å². The van der Waals surface area contributed by atoms with Crippen LogP contribution in [0.2, 0.25) is 0 Å². The molecular formula is C26H36N4O4. The van der Waals surface area contributed by atoms with E-state index in [0.29, 0.717) is 18.5 Å². The summed E-state index contributed by atoms with van der Waals surface area (Å²) in [6.45, 7) is 8.74. The Hall–Kier alpha value is -2.45. The zero-order chi connectivity index (χ0) is 23.8. The summed E-state index contributed by atoms with van der Waals surface area (Å²) >= 11 is 0. The second-order valence-corrected chi connectivity index (χ2v) is 10.2. The van der Waals surface area contributed by atoms with E-state index in [1.807, 2.05) is 38.1 Å². The highest BCUT2D eigenvalue weighted by Crippen LogP contribution is 2.30. The maximum atomic E-state index is 13.4. The summed E-state index contributed by atoms with van der Waals surface area (Å²) in [6, 6.07) is 7.32. The topological polar surface area (TPSA) is 82.2 Å². The van der Waals surface area contributed by atoms with Gasteiger partial charge in [-0.15, -0.1) is 0 Å². The molecule has 8 heteroatoms. The molecule has 0 aromatic heterocycles. The SMILES string of the molecule is CC[C@H](C)[C@H](NC(=O)c1ccc(N2CCN(C3CC3)CC2)cc1)C(=O)N1CC[C@H]2OCC(=O)[C@H]21. The minimum Gasteiger partial charge on any atom is -0.369 e. The normalized spacial score (nSPS) is 26.9. The fourth-order valence-corrected chi connectivity index (χ4v) is 5.54. The highest BCUT2D eigenvalue weighted by Gasteiger charge is 2.48. The van der Waals surface area contributed by atoms with Gasteiger partial charge >= 0.3 is 0 Å². The number of Topliss-reactive ketones (excluding diaryl/α,β-unsaturated/α-hetero) is 1. The van der Waals surface area contributed by atoms with Gasteiger partial charge in [0.25, 0.3) is 5.91 Å². The Balaban J connectivity index is 1.23. The van der Waals surface area contributed by atoms with E-state index < -0.39 is 12.1 Å². The van der Waals surface area contributed by atoms with Crippen LogP contribution in [0.25, 0.3) is 0 Å². The van der Waals surface area contributed by atoms with E-state index in [9.17, 15) is 14.4 Å². The standard InChI is InChI=1S/C26H36N4O4/c1-3-17(2)23(26(33)30-11-10-22-24(30)21(31)16-34-22)27-25(32)18-4-6-19(7-5-18)28-12-14-29(15-13-28)20-8-9-20/h4-7,17,20,22-24H,3,8-16H2,1-2H3,(H,27,32)/t17-,22+,23-,24+/m0/s1. The molecular weight excluding hydrogens is 432 g/mol. The number of anilines is 1. The molecule has 0 spiro atoms. The minimum atomic E-state index is -0.667. The average molecular weight is 469 g/mol. The van der Waals surface area contributed by atoms with Crippen molar-refractivity contribution in [1.82, 2.24) is 15.1 Å². The molecule has 1 aromatic carbocycles. The highest BCUT2D eigenvalue weighted by molar-refractivity contribution is 5.99. The molecule has 1 aromatic rings. The number of ether oxygens (including phenoxy) is 1. The van der Waals surface area contributed by atoms with Crippen LogP contribution in [0.5, 0.6) is 0 Å². The summed E-state index contributed by atoms with van der Waals surface area (Å²) in [5, 5.41) is 2.98. The van der Waals surface area contributed by atoms with Gasteiger partial charge in [0.15, 0.2) is 5.78 Å². The quantitative estimate of drug-likeness (QED) is 0.656. The molecule has 8 nitrogen and oxygen atoms in total. The number of hydrogen-bond donors (Lipinski definition) is 1. The first-order chi connectivity index (χ1) is 16.5. The zero-order valence-corrected chi connectivity index (χ0v) is 20.2. The van der Waals surface area contributed by atoms with Crippen LogP contribution in [-0.2, 0) is 14.3 Å². The van der Waals surface area contributed by atoms with Crippen LogP contribution in [0.3, 0.4) is 0 Å². The van der Waals surface area contributed by atoms with Gasteiger partial charge in [-0.3, -0.25) is 19.3 Å². The fourth-order valence-electron chi connectivity index (χ4n) is 5.54. The number of fused-ring (bicyclic) bond motifs is 1. The maximum absolute atomic E-state index is 13.4. The summed E-state index contributed by atoms with van der Waals surface area (Å²) in [7, 11) is 0. The maximum Gasteiger partial charge on any atom is 0.251 e. The number of carbonyl (C=O) groups is 3. The molecule has 34 heavy (non-hydrogen) atoms. The first-order valence-electron chi connectivity index (χ1n) is 12.8. The Morgan fingerprint density at radius 1 is 1.06 bits per heavy atom. The molecule has 0 unspecified atom stereocenters. The highest BCUT2D eigenvalue weighted by atomic mass is 16.5. The Morgan fingerprint density at radius 3 is 2.41 bits per heavy atom. The van der Waals surface area contributed by atoms with E-state index in [1.54, 1.807) is 4.90 Å². The van der Waals surface area contributed by atoms with Crippen molar-refractivity contribution in [3.63, 3.8) is 0 Å². The van der Waals surface area contributed by atoms with Crippen LogP contribution in [0.4, 0.5) is 5.69 Å². The molecule has 1 aliphatic carbocycles. The molecule has 5 rings (SSSR count). The largest absolute Gasteiger partial charge is 0.369 e. The van der Waals surface area contributed by atoms with Crippen molar-refractivity contribution >= 4 is 23.3 Å². The van der Waals surface area contributed by atoms with E-state index >= 15 is 0 Å². The summed E-state index contributed by atoms with van der Waals surface area (Å²) in [4.78, 5) is 45.4. The third-order valence-corrected chi connectivity index (χ3v) is 8.03. The van der Waals surface area contributed by atoms with E-state index in [-0.39, 0.29) is 36.2 Å². The molecule has 184 valence electrons. The van der Waals surface area contributed by atoms with Gasteiger partial charge in [-0.05, 0) is 49.4 Å². The second-order valence-electron chi connectivity index (χ2n) is 10.2. The van der Waals surface area contributed by atoms with Crippen molar-refractivity contribution < 1.29 is 19.1 Å². The number of ketones is 1. The van der Waals surface area contributed by atoms with Gasteiger partial charge in [0.05, 0.1) is 6.10 Å². The Bertz CT molecular complexity index is 923. The lowest BCUT2D eigenvalue weighted by Gasteiger charge is -2.36. The number of benzene rings is 1. The van der Waals surface area contributed by atoms with Crippen molar-refractivity contribution in [2.45, 2.75) is 63.8 Å². The Kier molecular flexibility index (Phi) is 6.62. The summed E-state index contributed by atoms with van der Waals surface area (Å²) in [5.74, 6) is -0.527. The smallest absolute Gasteiger partial charge is 0.251 e. The number of nitrogens with one attached hydrogen (secondary N) is 1. The number of likely N-dealkylation sites (tertiary alicyclic amines) is 1. The molecule has 4 fully saturated rings. The third kappa shape index (κ3) is 4.58. The van der Waals surface area contributed by atoms with Gasteiger partial charge < -0.3 is 19.9 Å². The molecule has 3 aliphatic heterocycles. The molecule has 2 amide bonds. The zero-order valence-electron chi connectivity index (χ0n) is 20.2. The molecule has 4 atom stereocenters. The number of nitrogens with zero attached hydrogens (tertiary/aromatic N) is 3. The van der Waals surface area contributed by atoms with Crippen LogP contribution in [0, 0.1) is 5.92 Å². The van der Waals surface area contributed by atoms with Crippen molar-refractivity contribution in [2.75, 3.05) is 44.2 Å². The van der Waals surface area contributed by atoms with E-state index in [2.05, 4.69) is 15.1 Å². The first-order valence-corrected chi connectivity index (χ1v) is 12.8. The average Bonchev–Trinajstić information content (AvgIpc) is 3.53. The number of amides is 2. The monoisotopic (exact) mass is 468 g/mol. The van der Waals surface area contributed by atoms with Crippen LogP contribution >= 0.6 is 0 Å². The molecule has 1 saturated carbocycles. The van der Waals surface area contributed by atoms with Crippen molar-refractivity contribution in [3.05, 3.63) is 29.8 Å².